The first kappa shape index (κ1) is 19.9. The van der Waals surface area contributed by atoms with E-state index in [2.05, 4.69) is 0 Å². The summed E-state index contributed by atoms with van der Waals surface area (Å²) in [5.74, 6) is -3.00. The highest BCUT2D eigenvalue weighted by Gasteiger charge is 2.22. The third-order valence-corrected chi connectivity index (χ3v) is 3.12. The molecule has 0 aliphatic heterocycles. The topological polar surface area (TPSA) is 93.1 Å². The van der Waals surface area contributed by atoms with Crippen LogP contribution in [0.15, 0.2) is 0 Å². The number of carboxylic acids is 2. The predicted octanol–water partition coefficient (Wildman–Crippen LogP) is 2.55. The second-order valence-electron chi connectivity index (χ2n) is 6.05. The van der Waals surface area contributed by atoms with Gasteiger partial charge in [-0.15, -0.1) is 0 Å². The third kappa shape index (κ3) is 11.2. The van der Waals surface area contributed by atoms with E-state index >= 15 is 0 Å². The minimum absolute atomic E-state index is 0.188. The van der Waals surface area contributed by atoms with Gasteiger partial charge in [0, 0.05) is 13.2 Å². The van der Waals surface area contributed by atoms with Crippen molar-refractivity contribution in [3.05, 3.63) is 0 Å². The molecule has 6 nitrogen and oxygen atoms in total. The minimum atomic E-state index is -1.09. The zero-order chi connectivity index (χ0) is 16.5. The van der Waals surface area contributed by atoms with Gasteiger partial charge < -0.3 is 19.7 Å². The summed E-state index contributed by atoms with van der Waals surface area (Å²) in [6, 6.07) is 0. The Morgan fingerprint density at radius 2 is 1.76 bits per heavy atom. The maximum atomic E-state index is 10.9. The molecule has 0 aliphatic carbocycles. The van der Waals surface area contributed by atoms with Crippen molar-refractivity contribution < 1.29 is 29.3 Å². The van der Waals surface area contributed by atoms with Crippen molar-refractivity contribution in [2.45, 2.75) is 65.1 Å². The van der Waals surface area contributed by atoms with E-state index in [4.69, 9.17) is 19.7 Å². The van der Waals surface area contributed by atoms with Gasteiger partial charge in [-0.1, -0.05) is 0 Å². The lowest BCUT2D eigenvalue weighted by molar-refractivity contribution is -0.148. The molecular formula is C15H28O6. The first-order chi connectivity index (χ1) is 9.64. The molecule has 2 N–H and O–H groups in total. The summed E-state index contributed by atoms with van der Waals surface area (Å²) >= 11 is 0. The fourth-order valence-corrected chi connectivity index (χ4v) is 1.81. The number of ether oxygens (including phenoxy) is 2. The summed E-state index contributed by atoms with van der Waals surface area (Å²) in [6.45, 7) is 8.90. The Kier molecular flexibility index (Phi) is 9.21. The Bertz CT molecular complexity index is 324. The van der Waals surface area contributed by atoms with Crippen LogP contribution < -0.4 is 0 Å². The lowest BCUT2D eigenvalue weighted by atomic mass is 10.00. The number of carboxylic acid groups (broad SMARTS) is 2. The van der Waals surface area contributed by atoms with E-state index < -0.39 is 17.9 Å². The van der Waals surface area contributed by atoms with Crippen LogP contribution in [0.5, 0.6) is 0 Å². The highest BCUT2D eigenvalue weighted by atomic mass is 16.5. The van der Waals surface area contributed by atoms with Crippen molar-refractivity contribution in [2.24, 2.45) is 5.92 Å². The van der Waals surface area contributed by atoms with Crippen molar-refractivity contribution in [3.63, 3.8) is 0 Å². The maximum absolute atomic E-state index is 10.9. The van der Waals surface area contributed by atoms with Crippen LogP contribution in [0.3, 0.4) is 0 Å². The van der Waals surface area contributed by atoms with Crippen LogP contribution in [-0.2, 0) is 19.1 Å². The van der Waals surface area contributed by atoms with E-state index in [0.29, 0.717) is 26.1 Å². The molecule has 0 aromatic carbocycles. The van der Waals surface area contributed by atoms with Crippen LogP contribution in [0.4, 0.5) is 0 Å². The van der Waals surface area contributed by atoms with Crippen LogP contribution in [0, 0.1) is 5.92 Å². The SMILES string of the molecule is CC(C)OCCC(C)(C)OCCCC(CC(=O)O)C(=O)O. The van der Waals surface area contributed by atoms with Gasteiger partial charge in [-0.25, -0.2) is 0 Å². The molecule has 1 unspecified atom stereocenters. The second kappa shape index (κ2) is 9.73. The zero-order valence-corrected chi connectivity index (χ0v) is 13.4. The molecule has 0 fully saturated rings. The fourth-order valence-electron chi connectivity index (χ4n) is 1.81. The smallest absolute Gasteiger partial charge is 0.307 e. The van der Waals surface area contributed by atoms with Gasteiger partial charge in [-0.05, 0) is 47.0 Å². The fraction of sp³-hybridized carbons (Fsp3) is 0.867. The molecule has 0 aromatic rings. The van der Waals surface area contributed by atoms with Gasteiger partial charge in [0.05, 0.1) is 24.0 Å². The van der Waals surface area contributed by atoms with Crippen molar-refractivity contribution in [2.75, 3.05) is 13.2 Å². The van der Waals surface area contributed by atoms with E-state index in [9.17, 15) is 9.59 Å². The molecule has 0 saturated heterocycles. The first-order valence-corrected chi connectivity index (χ1v) is 7.34. The van der Waals surface area contributed by atoms with E-state index in [0.717, 1.165) is 6.42 Å². The molecule has 0 rings (SSSR count). The van der Waals surface area contributed by atoms with E-state index in [1.54, 1.807) is 0 Å². The monoisotopic (exact) mass is 304 g/mol. The van der Waals surface area contributed by atoms with Gasteiger partial charge in [0.15, 0.2) is 0 Å². The summed E-state index contributed by atoms with van der Waals surface area (Å²) in [7, 11) is 0. The summed E-state index contributed by atoms with van der Waals surface area (Å²) < 4.78 is 11.2. The van der Waals surface area contributed by atoms with Crippen molar-refractivity contribution in [3.8, 4) is 0 Å². The largest absolute Gasteiger partial charge is 0.481 e. The minimum Gasteiger partial charge on any atom is -0.481 e. The molecule has 21 heavy (non-hydrogen) atoms. The van der Waals surface area contributed by atoms with Gasteiger partial charge in [0.2, 0.25) is 0 Å². The summed E-state index contributed by atoms with van der Waals surface area (Å²) in [4.78, 5) is 21.5. The second-order valence-corrected chi connectivity index (χ2v) is 6.05. The van der Waals surface area contributed by atoms with E-state index in [1.165, 1.54) is 0 Å². The van der Waals surface area contributed by atoms with E-state index in [-0.39, 0.29) is 18.1 Å². The Hall–Kier alpha value is -1.14. The predicted molar refractivity (Wildman–Crippen MR) is 78.3 cm³/mol. The summed E-state index contributed by atoms with van der Waals surface area (Å²) in [5.41, 5.74) is -0.333. The summed E-state index contributed by atoms with van der Waals surface area (Å²) in [6.07, 6.45) is 1.43. The molecule has 0 aromatic heterocycles. The average Bonchev–Trinajstić information content (AvgIpc) is 2.31. The Morgan fingerprint density at radius 3 is 2.24 bits per heavy atom. The van der Waals surface area contributed by atoms with Crippen LogP contribution in [0.1, 0.15) is 53.4 Å². The van der Waals surface area contributed by atoms with Gasteiger partial charge in [-0.3, -0.25) is 9.59 Å². The van der Waals surface area contributed by atoms with Gasteiger partial charge >= 0.3 is 11.9 Å². The van der Waals surface area contributed by atoms with E-state index in [1.807, 2.05) is 27.7 Å². The van der Waals surface area contributed by atoms with Crippen LogP contribution in [0.2, 0.25) is 0 Å². The third-order valence-electron chi connectivity index (χ3n) is 3.12. The highest BCUT2D eigenvalue weighted by molar-refractivity contribution is 5.77. The van der Waals surface area contributed by atoms with Gasteiger partial charge in [0.25, 0.3) is 0 Å². The number of rotatable bonds is 12. The van der Waals surface area contributed by atoms with Crippen LogP contribution in [0.25, 0.3) is 0 Å². The molecule has 0 spiro atoms. The Morgan fingerprint density at radius 1 is 1.14 bits per heavy atom. The van der Waals surface area contributed by atoms with Gasteiger partial charge in [-0.2, -0.15) is 0 Å². The molecule has 0 radical (unpaired) electrons. The molecule has 6 heteroatoms. The number of carbonyl (C=O) groups is 2. The van der Waals surface area contributed by atoms with Crippen molar-refractivity contribution >= 4 is 11.9 Å². The van der Waals surface area contributed by atoms with Crippen molar-refractivity contribution in [1.82, 2.24) is 0 Å². The number of hydrogen-bond donors (Lipinski definition) is 2. The molecule has 124 valence electrons. The first-order valence-electron chi connectivity index (χ1n) is 7.34. The highest BCUT2D eigenvalue weighted by Crippen LogP contribution is 2.17. The number of aliphatic carboxylic acids is 2. The van der Waals surface area contributed by atoms with Gasteiger partial charge in [0.1, 0.15) is 0 Å². The zero-order valence-electron chi connectivity index (χ0n) is 13.4. The quantitative estimate of drug-likeness (QED) is 0.538. The Balaban J connectivity index is 3.94. The Labute approximate surface area is 126 Å². The maximum Gasteiger partial charge on any atom is 0.307 e. The van der Waals surface area contributed by atoms with Crippen LogP contribution >= 0.6 is 0 Å². The summed E-state index contributed by atoms with van der Waals surface area (Å²) in [5, 5.41) is 17.6. The standard InChI is InChI=1S/C15H28O6/c1-11(2)20-9-7-15(3,4)21-8-5-6-12(14(18)19)10-13(16)17/h11-12H,5-10H2,1-4H3,(H,16,17)(H,18,19). The average molecular weight is 304 g/mol. The molecule has 0 amide bonds. The lowest BCUT2D eigenvalue weighted by Crippen LogP contribution is -2.28. The molecule has 0 saturated carbocycles. The molecule has 0 bridgehead atoms. The lowest BCUT2D eigenvalue weighted by Gasteiger charge is -2.26. The number of hydrogen-bond acceptors (Lipinski definition) is 4. The molecule has 0 aliphatic rings. The van der Waals surface area contributed by atoms with Crippen LogP contribution in [-0.4, -0.2) is 47.1 Å². The van der Waals surface area contributed by atoms with Crippen molar-refractivity contribution in [1.29, 1.82) is 0 Å². The molecular weight excluding hydrogens is 276 g/mol. The molecule has 0 heterocycles. The molecule has 1 atom stereocenters. The normalized spacial score (nSPS) is 13.4.